The number of nitrogens with zero attached hydrogens (tertiary/aromatic N) is 1. The van der Waals surface area contributed by atoms with Gasteiger partial charge in [-0.2, -0.15) is 0 Å². The van der Waals surface area contributed by atoms with Crippen molar-refractivity contribution >= 4 is 0 Å². The van der Waals surface area contributed by atoms with E-state index in [-0.39, 0.29) is 0 Å². The van der Waals surface area contributed by atoms with Gasteiger partial charge in [-0.15, -0.1) is 0 Å². The summed E-state index contributed by atoms with van der Waals surface area (Å²) in [5.41, 5.74) is 0.387. The van der Waals surface area contributed by atoms with Gasteiger partial charge in [0.1, 0.15) is 0 Å². The Morgan fingerprint density at radius 3 is 2.32 bits per heavy atom. The van der Waals surface area contributed by atoms with Gasteiger partial charge in [0.25, 0.3) is 0 Å². The first-order valence-electron chi connectivity index (χ1n) is 8.37. The standard InChI is InChI=1S/C17H34N2/c1-13(2)10-14-12-19(15-8-6-7-9-15)16(11-18-14)17(3,4)5/h13-16,18H,6-12H2,1-5H3. The summed E-state index contributed by atoms with van der Waals surface area (Å²) in [6.45, 7) is 14.4. The summed E-state index contributed by atoms with van der Waals surface area (Å²) in [7, 11) is 0. The molecule has 0 bridgehead atoms. The van der Waals surface area contributed by atoms with Crippen LogP contribution in [0.4, 0.5) is 0 Å². The molecule has 1 heterocycles. The van der Waals surface area contributed by atoms with E-state index in [2.05, 4.69) is 44.8 Å². The van der Waals surface area contributed by atoms with Crippen LogP contribution < -0.4 is 5.32 Å². The lowest BCUT2D eigenvalue weighted by Crippen LogP contribution is -2.63. The van der Waals surface area contributed by atoms with Gasteiger partial charge in [0, 0.05) is 31.2 Å². The Labute approximate surface area is 120 Å². The van der Waals surface area contributed by atoms with Crippen LogP contribution in [0.3, 0.4) is 0 Å². The van der Waals surface area contributed by atoms with Crippen LogP contribution in [0.5, 0.6) is 0 Å². The second-order valence-electron chi connectivity index (χ2n) is 8.25. The molecule has 19 heavy (non-hydrogen) atoms. The van der Waals surface area contributed by atoms with E-state index in [1.54, 1.807) is 0 Å². The largest absolute Gasteiger partial charge is 0.311 e. The van der Waals surface area contributed by atoms with E-state index in [0.29, 0.717) is 17.5 Å². The zero-order chi connectivity index (χ0) is 14.0. The van der Waals surface area contributed by atoms with Gasteiger partial charge in [-0.05, 0) is 30.6 Å². The molecule has 2 fully saturated rings. The lowest BCUT2D eigenvalue weighted by molar-refractivity contribution is 0.0189. The molecule has 2 atom stereocenters. The van der Waals surface area contributed by atoms with E-state index >= 15 is 0 Å². The molecule has 112 valence electrons. The molecule has 2 heteroatoms. The molecule has 0 aromatic rings. The third-order valence-corrected chi connectivity index (χ3v) is 4.98. The molecule has 1 N–H and O–H groups in total. The van der Waals surface area contributed by atoms with Crippen molar-refractivity contribution in [1.82, 2.24) is 10.2 Å². The molecule has 1 saturated heterocycles. The molecule has 0 aromatic heterocycles. The molecule has 2 unspecified atom stereocenters. The maximum Gasteiger partial charge on any atom is 0.0272 e. The van der Waals surface area contributed by atoms with E-state index < -0.39 is 0 Å². The normalized spacial score (nSPS) is 31.3. The molecule has 1 saturated carbocycles. The summed E-state index contributed by atoms with van der Waals surface area (Å²) in [5.74, 6) is 0.800. The summed E-state index contributed by atoms with van der Waals surface area (Å²) < 4.78 is 0. The van der Waals surface area contributed by atoms with Crippen molar-refractivity contribution in [1.29, 1.82) is 0 Å². The monoisotopic (exact) mass is 266 g/mol. The first-order chi connectivity index (χ1) is 8.88. The molecule has 0 radical (unpaired) electrons. The SMILES string of the molecule is CC(C)CC1CN(C2CCCC2)C(C(C)(C)C)CN1. The molecule has 0 aromatic carbocycles. The number of hydrogen-bond donors (Lipinski definition) is 1. The van der Waals surface area contributed by atoms with Crippen molar-refractivity contribution in [3.8, 4) is 0 Å². The summed E-state index contributed by atoms with van der Waals surface area (Å²) in [4.78, 5) is 2.87. The van der Waals surface area contributed by atoms with Crippen LogP contribution in [0.15, 0.2) is 0 Å². The molecule has 2 nitrogen and oxygen atoms in total. The van der Waals surface area contributed by atoms with Gasteiger partial charge in [-0.1, -0.05) is 47.5 Å². The summed E-state index contributed by atoms with van der Waals surface area (Å²) in [6.07, 6.45) is 7.07. The highest BCUT2D eigenvalue weighted by Gasteiger charge is 2.39. The summed E-state index contributed by atoms with van der Waals surface area (Å²) >= 11 is 0. The predicted octanol–water partition coefficient (Wildman–Crippen LogP) is 3.66. The van der Waals surface area contributed by atoms with Crippen molar-refractivity contribution in [2.45, 2.75) is 84.8 Å². The van der Waals surface area contributed by atoms with E-state index in [9.17, 15) is 0 Å². The van der Waals surface area contributed by atoms with Crippen molar-refractivity contribution in [2.24, 2.45) is 11.3 Å². The van der Waals surface area contributed by atoms with Gasteiger partial charge >= 0.3 is 0 Å². The lowest BCUT2D eigenvalue weighted by Gasteiger charge is -2.49. The third kappa shape index (κ3) is 3.95. The Kier molecular flexibility index (Phi) is 4.94. The van der Waals surface area contributed by atoms with Crippen LogP contribution in [0.2, 0.25) is 0 Å². The number of rotatable bonds is 3. The second-order valence-corrected chi connectivity index (χ2v) is 8.25. The highest BCUT2D eigenvalue weighted by atomic mass is 15.3. The average molecular weight is 266 g/mol. The number of piperazine rings is 1. The topological polar surface area (TPSA) is 15.3 Å². The van der Waals surface area contributed by atoms with E-state index in [1.807, 2.05) is 0 Å². The molecule has 2 rings (SSSR count). The van der Waals surface area contributed by atoms with Gasteiger partial charge in [-0.3, -0.25) is 4.90 Å². The van der Waals surface area contributed by atoms with Crippen molar-refractivity contribution < 1.29 is 0 Å². The molecule has 0 spiro atoms. The second kappa shape index (κ2) is 6.13. The van der Waals surface area contributed by atoms with Crippen molar-refractivity contribution in [3.05, 3.63) is 0 Å². The smallest absolute Gasteiger partial charge is 0.0272 e. The van der Waals surface area contributed by atoms with Gasteiger partial charge < -0.3 is 5.32 Å². The number of hydrogen-bond acceptors (Lipinski definition) is 2. The summed E-state index contributed by atoms with van der Waals surface area (Å²) in [6, 6.07) is 2.28. The van der Waals surface area contributed by atoms with Gasteiger partial charge in [0.05, 0.1) is 0 Å². The zero-order valence-corrected chi connectivity index (χ0v) is 13.7. The maximum atomic E-state index is 3.82. The Balaban J connectivity index is 2.05. The number of nitrogens with one attached hydrogen (secondary N) is 1. The van der Waals surface area contributed by atoms with E-state index in [4.69, 9.17) is 0 Å². The van der Waals surface area contributed by atoms with Crippen molar-refractivity contribution in [3.63, 3.8) is 0 Å². The van der Waals surface area contributed by atoms with Crippen LogP contribution in [-0.4, -0.2) is 36.1 Å². The minimum Gasteiger partial charge on any atom is -0.311 e. The third-order valence-electron chi connectivity index (χ3n) is 4.98. The fraction of sp³-hybridized carbons (Fsp3) is 1.00. The molecule has 1 aliphatic heterocycles. The highest BCUT2D eigenvalue weighted by molar-refractivity contribution is 4.96. The molecular formula is C17H34N2. The highest BCUT2D eigenvalue weighted by Crippen LogP contribution is 2.33. The van der Waals surface area contributed by atoms with Gasteiger partial charge in [0.2, 0.25) is 0 Å². The molecule has 1 aliphatic carbocycles. The Morgan fingerprint density at radius 2 is 1.79 bits per heavy atom. The van der Waals surface area contributed by atoms with Crippen LogP contribution >= 0.6 is 0 Å². The van der Waals surface area contributed by atoms with E-state index in [0.717, 1.165) is 12.0 Å². The molecule has 0 amide bonds. The quantitative estimate of drug-likeness (QED) is 0.838. The first-order valence-corrected chi connectivity index (χ1v) is 8.37. The first kappa shape index (κ1) is 15.3. The fourth-order valence-electron chi connectivity index (χ4n) is 4.01. The van der Waals surface area contributed by atoms with Crippen LogP contribution in [0.1, 0.15) is 66.7 Å². The van der Waals surface area contributed by atoms with Crippen molar-refractivity contribution in [2.75, 3.05) is 13.1 Å². The minimum absolute atomic E-state index is 0.387. The Morgan fingerprint density at radius 1 is 1.16 bits per heavy atom. The van der Waals surface area contributed by atoms with E-state index in [1.165, 1.54) is 45.2 Å². The fourth-order valence-corrected chi connectivity index (χ4v) is 4.01. The van der Waals surface area contributed by atoms with Crippen LogP contribution in [0, 0.1) is 11.3 Å². The Hall–Kier alpha value is -0.0800. The van der Waals surface area contributed by atoms with Gasteiger partial charge in [0.15, 0.2) is 0 Å². The summed E-state index contributed by atoms with van der Waals surface area (Å²) in [5, 5.41) is 3.82. The average Bonchev–Trinajstić information content (AvgIpc) is 2.79. The van der Waals surface area contributed by atoms with Gasteiger partial charge in [-0.25, -0.2) is 0 Å². The molecular weight excluding hydrogens is 232 g/mol. The Bertz CT molecular complexity index is 273. The minimum atomic E-state index is 0.387. The van der Waals surface area contributed by atoms with Crippen LogP contribution in [0.25, 0.3) is 0 Å². The predicted molar refractivity (Wildman–Crippen MR) is 83.5 cm³/mol. The maximum absolute atomic E-state index is 3.82. The van der Waals surface area contributed by atoms with Crippen LogP contribution in [-0.2, 0) is 0 Å². The zero-order valence-electron chi connectivity index (χ0n) is 13.7. The lowest BCUT2D eigenvalue weighted by atomic mass is 9.82. The molecule has 2 aliphatic rings.